The molecule has 5 rings (SSSR count). The topological polar surface area (TPSA) is 166 Å². The predicted molar refractivity (Wildman–Crippen MR) is 153 cm³/mol. The number of carbonyl (C=O) groups is 2. The van der Waals surface area contributed by atoms with Crippen molar-refractivity contribution in [2.75, 3.05) is 13.1 Å². The van der Waals surface area contributed by atoms with E-state index in [2.05, 4.69) is 26.1 Å². The van der Waals surface area contributed by atoms with Gasteiger partial charge in [-0.05, 0) is 124 Å². The maximum absolute atomic E-state index is 11.5. The normalized spacial score (nSPS) is 47.6. The number of carboxylic acid groups (broad SMARTS) is 2. The molecular formula is C32H53NO9. The summed E-state index contributed by atoms with van der Waals surface area (Å²) in [7, 11) is 0. The van der Waals surface area contributed by atoms with Gasteiger partial charge in [0.25, 0.3) is 0 Å². The van der Waals surface area contributed by atoms with E-state index in [4.69, 9.17) is 14.6 Å². The number of rotatable bonds is 10. The van der Waals surface area contributed by atoms with Crippen LogP contribution in [0.25, 0.3) is 0 Å². The monoisotopic (exact) mass is 595 g/mol. The van der Waals surface area contributed by atoms with Gasteiger partial charge in [-0.3, -0.25) is 4.79 Å². The lowest BCUT2D eigenvalue weighted by Crippen LogP contribution is -2.61. The molecule has 10 heteroatoms. The third-order valence-electron chi connectivity index (χ3n) is 12.8. The first-order valence-corrected chi connectivity index (χ1v) is 16.4. The van der Waals surface area contributed by atoms with Crippen LogP contribution in [0.3, 0.4) is 0 Å². The van der Waals surface area contributed by atoms with E-state index in [0.717, 1.165) is 62.8 Å². The van der Waals surface area contributed by atoms with Gasteiger partial charge < -0.3 is 40.3 Å². The van der Waals surface area contributed by atoms with Crippen LogP contribution in [0.5, 0.6) is 0 Å². The molecule has 1 aliphatic heterocycles. The van der Waals surface area contributed by atoms with Gasteiger partial charge in [0, 0.05) is 0 Å². The Labute approximate surface area is 249 Å². The van der Waals surface area contributed by atoms with Crippen LogP contribution in [0.2, 0.25) is 0 Å². The van der Waals surface area contributed by atoms with Crippen LogP contribution in [0.4, 0.5) is 0 Å². The van der Waals surface area contributed by atoms with Gasteiger partial charge in [0.15, 0.2) is 12.4 Å². The average Bonchev–Trinajstić information content (AvgIpc) is 3.30. The van der Waals surface area contributed by atoms with E-state index in [1.807, 2.05) is 0 Å². The molecule has 0 spiro atoms. The third-order valence-corrected chi connectivity index (χ3v) is 12.8. The molecule has 42 heavy (non-hydrogen) atoms. The Kier molecular flexibility index (Phi) is 9.63. The highest BCUT2D eigenvalue weighted by molar-refractivity contribution is 5.73. The summed E-state index contributed by atoms with van der Waals surface area (Å²) in [5.41, 5.74) is 0.605. The number of hydrogen-bond donors (Lipinski definition) is 6. The Morgan fingerprint density at radius 2 is 1.64 bits per heavy atom. The maximum atomic E-state index is 11.5. The molecule has 0 bridgehead atoms. The summed E-state index contributed by atoms with van der Waals surface area (Å²) in [6.45, 7) is 8.25. The molecule has 10 nitrogen and oxygen atoms in total. The summed E-state index contributed by atoms with van der Waals surface area (Å²) in [6, 6.07) is 0. The molecule has 0 amide bonds. The van der Waals surface area contributed by atoms with E-state index in [1.165, 1.54) is 32.1 Å². The van der Waals surface area contributed by atoms with Gasteiger partial charge in [0.2, 0.25) is 0 Å². The highest BCUT2D eigenvalue weighted by Crippen LogP contribution is 2.68. The quantitative estimate of drug-likeness (QED) is 0.163. The second kappa shape index (κ2) is 12.6. The van der Waals surface area contributed by atoms with Gasteiger partial charge >= 0.3 is 11.9 Å². The van der Waals surface area contributed by atoms with E-state index in [-0.39, 0.29) is 18.1 Å². The Balaban J connectivity index is 1.18. The molecule has 0 aromatic heterocycles. The van der Waals surface area contributed by atoms with E-state index in [0.29, 0.717) is 23.2 Å². The van der Waals surface area contributed by atoms with Crippen LogP contribution in [-0.2, 0) is 19.1 Å². The molecule has 14 atom stereocenters. The summed E-state index contributed by atoms with van der Waals surface area (Å²) in [5.74, 6) is 1.85. The summed E-state index contributed by atoms with van der Waals surface area (Å²) >= 11 is 0. The summed E-state index contributed by atoms with van der Waals surface area (Å²) in [4.78, 5) is 22.3. The van der Waals surface area contributed by atoms with Gasteiger partial charge in [-0.2, -0.15) is 0 Å². The average molecular weight is 596 g/mol. The molecule has 0 aromatic carbocycles. The molecule has 240 valence electrons. The highest BCUT2D eigenvalue weighted by atomic mass is 16.7. The molecule has 4 aliphatic carbocycles. The Bertz CT molecular complexity index is 980. The number of fused-ring (bicyclic) bond motifs is 5. The van der Waals surface area contributed by atoms with Crippen molar-refractivity contribution in [3.63, 3.8) is 0 Å². The number of carboxylic acids is 2. The lowest BCUT2D eigenvalue weighted by atomic mass is 9.44. The summed E-state index contributed by atoms with van der Waals surface area (Å²) in [6.07, 6.45) is 4.35. The van der Waals surface area contributed by atoms with Crippen molar-refractivity contribution in [2.24, 2.45) is 46.3 Å². The molecule has 0 aromatic rings. The van der Waals surface area contributed by atoms with Crippen molar-refractivity contribution in [1.29, 1.82) is 0 Å². The van der Waals surface area contributed by atoms with Gasteiger partial charge in [-0.15, -0.1) is 0 Å². The Hall–Kier alpha value is -1.30. The van der Waals surface area contributed by atoms with Crippen LogP contribution >= 0.6 is 0 Å². The molecule has 0 radical (unpaired) electrons. The first-order valence-electron chi connectivity index (χ1n) is 16.4. The van der Waals surface area contributed by atoms with E-state index in [1.54, 1.807) is 0 Å². The number of aliphatic hydroxyl groups is 3. The molecule has 4 saturated carbocycles. The van der Waals surface area contributed by atoms with Gasteiger partial charge in [0.05, 0.1) is 12.6 Å². The minimum absolute atomic E-state index is 0.0298. The number of ether oxygens (including phenoxy) is 2. The zero-order chi connectivity index (χ0) is 30.4. The zero-order valence-corrected chi connectivity index (χ0v) is 25.5. The Morgan fingerprint density at radius 1 is 0.929 bits per heavy atom. The van der Waals surface area contributed by atoms with E-state index < -0.39 is 42.6 Å². The molecule has 0 unspecified atom stereocenters. The minimum atomic E-state index is -1.71. The van der Waals surface area contributed by atoms with Crippen molar-refractivity contribution >= 4 is 11.9 Å². The van der Waals surface area contributed by atoms with Crippen LogP contribution in [0.15, 0.2) is 0 Å². The summed E-state index contributed by atoms with van der Waals surface area (Å²) in [5, 5.41) is 52.0. The van der Waals surface area contributed by atoms with Crippen LogP contribution in [0.1, 0.15) is 91.4 Å². The van der Waals surface area contributed by atoms with Crippen LogP contribution < -0.4 is 5.32 Å². The van der Waals surface area contributed by atoms with Gasteiger partial charge in [-0.1, -0.05) is 20.8 Å². The molecule has 5 fully saturated rings. The van der Waals surface area contributed by atoms with E-state index in [9.17, 15) is 30.0 Å². The SMILES string of the molecule is C[C@H](CCCNCC(=O)O)[C@H]1CC[C@H]2[C@@H]3CC[C@@H]4C[C@H](O[C@@H]5O[C@H](C(=O)O)[C@@H](O)[C@H](O)[C@H]5O)CC[C@]4(C)[C@H]3CC[C@]12C. The lowest BCUT2D eigenvalue weighted by molar-refractivity contribution is -0.309. The van der Waals surface area contributed by atoms with E-state index >= 15 is 0 Å². The maximum Gasteiger partial charge on any atom is 0.335 e. The van der Waals surface area contributed by atoms with Gasteiger partial charge in [-0.25, -0.2) is 4.79 Å². The molecular weight excluding hydrogens is 542 g/mol. The number of aliphatic carboxylic acids is 2. The largest absolute Gasteiger partial charge is 0.480 e. The molecule has 5 aliphatic rings. The number of hydrogen-bond acceptors (Lipinski definition) is 8. The second-order valence-electron chi connectivity index (χ2n) is 14.8. The number of aliphatic hydroxyl groups excluding tert-OH is 3. The highest BCUT2D eigenvalue weighted by Gasteiger charge is 2.61. The van der Waals surface area contributed by atoms with Crippen LogP contribution in [0, 0.1) is 46.3 Å². The van der Waals surface area contributed by atoms with Crippen molar-refractivity contribution in [1.82, 2.24) is 5.32 Å². The van der Waals surface area contributed by atoms with Gasteiger partial charge in [0.1, 0.15) is 18.3 Å². The fraction of sp³-hybridized carbons (Fsp3) is 0.938. The number of nitrogens with one attached hydrogen (secondary N) is 1. The molecule has 1 saturated heterocycles. The smallest absolute Gasteiger partial charge is 0.335 e. The Morgan fingerprint density at radius 3 is 2.36 bits per heavy atom. The lowest BCUT2D eigenvalue weighted by Gasteiger charge is -2.61. The predicted octanol–water partition coefficient (Wildman–Crippen LogP) is 3.01. The minimum Gasteiger partial charge on any atom is -0.480 e. The first-order chi connectivity index (χ1) is 19.9. The van der Waals surface area contributed by atoms with Crippen LogP contribution in [-0.4, -0.2) is 87.4 Å². The standard InChI is InChI=1S/C32H53NO9/c1-17(5-4-14-33-16-24(34)35)21-8-9-22-20-7-6-18-15-19(10-12-31(18,2)23(20)11-13-32(21,22)3)41-30-27(38)25(36)26(37)28(42-30)29(39)40/h17-23,25-28,30,33,36-38H,4-16H2,1-3H3,(H,34,35)(H,39,40)/t17-,18-,19-,20+,21-,22+,23+,25+,26+,27-,28+,30-,31+,32-/m1/s1. The third kappa shape index (κ3) is 5.88. The molecule has 6 N–H and O–H groups in total. The summed E-state index contributed by atoms with van der Waals surface area (Å²) < 4.78 is 11.5. The van der Waals surface area contributed by atoms with Crippen molar-refractivity contribution < 1.29 is 44.6 Å². The first kappa shape index (κ1) is 32.1. The van der Waals surface area contributed by atoms with Crippen molar-refractivity contribution in [2.45, 2.75) is 128 Å². The van der Waals surface area contributed by atoms with Crippen molar-refractivity contribution in [3.05, 3.63) is 0 Å². The second-order valence-corrected chi connectivity index (χ2v) is 14.8. The fourth-order valence-corrected chi connectivity index (χ4v) is 10.6. The van der Waals surface area contributed by atoms with Crippen molar-refractivity contribution in [3.8, 4) is 0 Å². The zero-order valence-electron chi connectivity index (χ0n) is 25.5. The fourth-order valence-electron chi connectivity index (χ4n) is 10.6. The molecule has 1 heterocycles.